The number of aromatic nitrogens is 2. The summed E-state index contributed by atoms with van der Waals surface area (Å²) < 4.78 is 5.67. The summed E-state index contributed by atoms with van der Waals surface area (Å²) in [4.78, 5) is 29.4. The SMILES string of the molecule is CC(Oc1ccc(/C=C/c2ccc(Cl)cc2)cc1)C(=O)c1ccnc(=O)[nH]1. The van der Waals surface area contributed by atoms with E-state index in [1.165, 1.54) is 12.3 Å². The smallest absolute Gasteiger partial charge is 0.345 e. The zero-order valence-electron chi connectivity index (χ0n) is 14.6. The number of hydrogen-bond donors (Lipinski definition) is 1. The minimum atomic E-state index is -0.737. The Morgan fingerprint density at radius 1 is 1.04 bits per heavy atom. The van der Waals surface area contributed by atoms with Crippen molar-refractivity contribution in [3.63, 3.8) is 0 Å². The Morgan fingerprint density at radius 2 is 1.63 bits per heavy atom. The van der Waals surface area contributed by atoms with Gasteiger partial charge in [-0.2, -0.15) is 0 Å². The van der Waals surface area contributed by atoms with Gasteiger partial charge in [0, 0.05) is 11.2 Å². The molecule has 0 aliphatic heterocycles. The van der Waals surface area contributed by atoms with Gasteiger partial charge in [0.1, 0.15) is 5.75 Å². The fourth-order valence-electron chi connectivity index (χ4n) is 2.41. The Kier molecular flexibility index (Phi) is 5.84. The zero-order chi connectivity index (χ0) is 19.2. The predicted molar refractivity (Wildman–Crippen MR) is 106 cm³/mol. The van der Waals surface area contributed by atoms with Crippen LogP contribution in [0.1, 0.15) is 28.5 Å². The second-order valence-electron chi connectivity index (χ2n) is 5.87. The number of benzene rings is 2. The van der Waals surface area contributed by atoms with Gasteiger partial charge in [-0.15, -0.1) is 0 Å². The molecule has 0 aliphatic rings. The Bertz CT molecular complexity index is 1010. The van der Waals surface area contributed by atoms with Crippen LogP contribution in [0.5, 0.6) is 5.75 Å². The van der Waals surface area contributed by atoms with Crippen LogP contribution < -0.4 is 10.4 Å². The largest absolute Gasteiger partial charge is 0.483 e. The van der Waals surface area contributed by atoms with Crippen LogP contribution >= 0.6 is 11.6 Å². The highest BCUT2D eigenvalue weighted by Crippen LogP contribution is 2.17. The molecule has 1 unspecified atom stereocenters. The number of nitrogens with one attached hydrogen (secondary N) is 1. The maximum atomic E-state index is 12.3. The molecule has 0 fully saturated rings. The molecule has 3 aromatic rings. The molecule has 1 atom stereocenters. The second kappa shape index (κ2) is 8.47. The monoisotopic (exact) mass is 380 g/mol. The van der Waals surface area contributed by atoms with Crippen molar-refractivity contribution >= 4 is 29.5 Å². The zero-order valence-corrected chi connectivity index (χ0v) is 15.3. The third-order valence-corrected chi connectivity index (χ3v) is 4.09. The van der Waals surface area contributed by atoms with Gasteiger partial charge in [-0.05, 0) is 48.4 Å². The van der Waals surface area contributed by atoms with Crippen molar-refractivity contribution in [2.24, 2.45) is 0 Å². The number of Topliss-reactive ketones (excluding diaryl/α,β-unsaturated/α-hetero) is 1. The number of rotatable bonds is 6. The van der Waals surface area contributed by atoms with Crippen LogP contribution in [0.4, 0.5) is 0 Å². The lowest BCUT2D eigenvalue weighted by molar-refractivity contribution is 0.0812. The molecule has 0 radical (unpaired) electrons. The third kappa shape index (κ3) is 5.15. The Balaban J connectivity index is 1.64. The van der Waals surface area contributed by atoms with Crippen LogP contribution in [0, 0.1) is 0 Å². The molecule has 3 rings (SSSR count). The number of carbonyl (C=O) groups is 1. The van der Waals surface area contributed by atoms with E-state index in [0.717, 1.165) is 11.1 Å². The van der Waals surface area contributed by atoms with Gasteiger partial charge in [0.15, 0.2) is 6.10 Å². The summed E-state index contributed by atoms with van der Waals surface area (Å²) >= 11 is 5.87. The average molecular weight is 381 g/mol. The standard InChI is InChI=1S/C21H17ClN2O3/c1-14(20(25)19-12-13-23-21(26)24-19)27-18-10-6-16(7-11-18)3-2-15-4-8-17(22)9-5-15/h2-14H,1H3,(H,23,24,26)/b3-2+. The Labute approximate surface area is 161 Å². The summed E-state index contributed by atoms with van der Waals surface area (Å²) in [7, 11) is 0. The molecule has 1 N–H and O–H groups in total. The van der Waals surface area contributed by atoms with E-state index >= 15 is 0 Å². The summed E-state index contributed by atoms with van der Waals surface area (Å²) in [5.74, 6) is 0.247. The van der Waals surface area contributed by atoms with Crippen LogP contribution in [0.3, 0.4) is 0 Å². The van der Waals surface area contributed by atoms with Crippen molar-refractivity contribution < 1.29 is 9.53 Å². The number of aromatic amines is 1. The summed E-state index contributed by atoms with van der Waals surface area (Å²) in [6.07, 6.45) is 4.51. The summed E-state index contributed by atoms with van der Waals surface area (Å²) in [5, 5.41) is 0.702. The average Bonchev–Trinajstić information content (AvgIpc) is 2.68. The van der Waals surface area contributed by atoms with Gasteiger partial charge < -0.3 is 9.72 Å². The van der Waals surface area contributed by atoms with Crippen LogP contribution in [0.2, 0.25) is 5.02 Å². The number of ketones is 1. The highest BCUT2D eigenvalue weighted by atomic mass is 35.5. The molecule has 2 aromatic carbocycles. The van der Waals surface area contributed by atoms with Gasteiger partial charge in [-0.3, -0.25) is 4.79 Å². The highest BCUT2D eigenvalue weighted by Gasteiger charge is 2.17. The van der Waals surface area contributed by atoms with Gasteiger partial charge in [-0.25, -0.2) is 9.78 Å². The first-order valence-corrected chi connectivity index (χ1v) is 8.69. The third-order valence-electron chi connectivity index (χ3n) is 3.84. The van der Waals surface area contributed by atoms with E-state index in [1.54, 1.807) is 19.1 Å². The molecule has 0 saturated carbocycles. The van der Waals surface area contributed by atoms with Crippen molar-refractivity contribution in [2.45, 2.75) is 13.0 Å². The van der Waals surface area contributed by atoms with Gasteiger partial charge in [0.25, 0.3) is 0 Å². The van der Waals surface area contributed by atoms with Crippen LogP contribution in [0.15, 0.2) is 65.6 Å². The predicted octanol–water partition coefficient (Wildman–Crippen LogP) is 4.24. The van der Waals surface area contributed by atoms with E-state index in [0.29, 0.717) is 10.8 Å². The molecule has 0 spiro atoms. The first kappa shape index (κ1) is 18.6. The molecule has 0 bridgehead atoms. The number of hydrogen-bond acceptors (Lipinski definition) is 4. The quantitative estimate of drug-likeness (QED) is 0.512. The van der Waals surface area contributed by atoms with Crippen molar-refractivity contribution in [3.8, 4) is 5.75 Å². The Morgan fingerprint density at radius 3 is 2.22 bits per heavy atom. The van der Waals surface area contributed by atoms with E-state index in [2.05, 4.69) is 9.97 Å². The molecule has 1 heterocycles. The normalized spacial score (nSPS) is 12.1. The molecular formula is C21H17ClN2O3. The first-order valence-electron chi connectivity index (χ1n) is 8.31. The molecular weight excluding hydrogens is 364 g/mol. The lowest BCUT2D eigenvalue weighted by atomic mass is 10.1. The van der Waals surface area contributed by atoms with Crippen LogP contribution in [-0.2, 0) is 0 Å². The molecule has 27 heavy (non-hydrogen) atoms. The van der Waals surface area contributed by atoms with Crippen LogP contribution in [-0.4, -0.2) is 21.9 Å². The van der Waals surface area contributed by atoms with E-state index in [9.17, 15) is 9.59 Å². The molecule has 6 heteroatoms. The minimum absolute atomic E-state index is 0.171. The molecule has 0 aliphatic carbocycles. The molecule has 1 aromatic heterocycles. The van der Waals surface area contributed by atoms with E-state index in [4.69, 9.17) is 16.3 Å². The van der Waals surface area contributed by atoms with Crippen molar-refractivity contribution in [3.05, 3.63) is 93.1 Å². The Hall–Kier alpha value is -3.18. The molecule has 136 valence electrons. The number of halogens is 1. The lowest BCUT2D eigenvalue weighted by Gasteiger charge is -2.13. The fraction of sp³-hybridized carbons (Fsp3) is 0.0952. The second-order valence-corrected chi connectivity index (χ2v) is 6.30. The summed E-state index contributed by atoms with van der Waals surface area (Å²) in [5.41, 5.74) is 1.65. The molecule has 0 amide bonds. The van der Waals surface area contributed by atoms with E-state index in [-0.39, 0.29) is 11.5 Å². The van der Waals surface area contributed by atoms with Gasteiger partial charge in [0.05, 0.1) is 5.69 Å². The fourth-order valence-corrected chi connectivity index (χ4v) is 2.54. The van der Waals surface area contributed by atoms with Crippen LogP contribution in [0.25, 0.3) is 12.2 Å². The highest BCUT2D eigenvalue weighted by molar-refractivity contribution is 6.30. The number of nitrogens with zero attached hydrogens (tertiary/aromatic N) is 1. The first-order chi connectivity index (χ1) is 13.0. The summed E-state index contributed by atoms with van der Waals surface area (Å²) in [6, 6.07) is 16.4. The molecule has 0 saturated heterocycles. The van der Waals surface area contributed by atoms with Gasteiger partial charge in [0.2, 0.25) is 5.78 Å². The number of H-pyrrole nitrogens is 1. The number of carbonyl (C=O) groups excluding carboxylic acids is 1. The molecule has 5 nitrogen and oxygen atoms in total. The topological polar surface area (TPSA) is 72.0 Å². The van der Waals surface area contributed by atoms with Crippen molar-refractivity contribution in [2.75, 3.05) is 0 Å². The van der Waals surface area contributed by atoms with Gasteiger partial charge in [-0.1, -0.05) is 48.0 Å². The van der Waals surface area contributed by atoms with Crippen molar-refractivity contribution in [1.82, 2.24) is 9.97 Å². The van der Waals surface area contributed by atoms with Crippen molar-refractivity contribution in [1.29, 1.82) is 0 Å². The minimum Gasteiger partial charge on any atom is -0.483 e. The maximum Gasteiger partial charge on any atom is 0.345 e. The van der Waals surface area contributed by atoms with E-state index in [1.807, 2.05) is 48.6 Å². The lowest BCUT2D eigenvalue weighted by Crippen LogP contribution is -2.27. The summed E-state index contributed by atoms with van der Waals surface area (Å²) in [6.45, 7) is 1.63. The maximum absolute atomic E-state index is 12.3. The van der Waals surface area contributed by atoms with E-state index < -0.39 is 11.8 Å². The number of ether oxygens (including phenoxy) is 1. The van der Waals surface area contributed by atoms with Gasteiger partial charge >= 0.3 is 5.69 Å².